The van der Waals surface area contributed by atoms with Crippen LogP contribution in [0.4, 0.5) is 0 Å². The standard InChI is InChI=1S/C15H21NO4S/c1-3-9-20-12-6-4-11(5-7-12)14(17)16-13(15(18)19)8-10-21-2/h4-7,13H,3,8-10H2,1-2H3,(H,16,17)(H,18,19)/t13-/m0/s1. The summed E-state index contributed by atoms with van der Waals surface area (Å²) in [6.07, 6.45) is 3.22. The van der Waals surface area contributed by atoms with E-state index in [4.69, 9.17) is 9.84 Å². The van der Waals surface area contributed by atoms with E-state index in [0.717, 1.165) is 6.42 Å². The summed E-state index contributed by atoms with van der Waals surface area (Å²) in [4.78, 5) is 23.1. The van der Waals surface area contributed by atoms with Crippen LogP contribution in [0.5, 0.6) is 5.75 Å². The molecule has 6 heteroatoms. The lowest BCUT2D eigenvalue weighted by molar-refractivity contribution is -0.139. The van der Waals surface area contributed by atoms with E-state index in [2.05, 4.69) is 5.32 Å². The van der Waals surface area contributed by atoms with Crippen molar-refractivity contribution >= 4 is 23.6 Å². The molecular formula is C15H21NO4S. The minimum absolute atomic E-state index is 0.384. The van der Waals surface area contributed by atoms with Crippen LogP contribution in [0.15, 0.2) is 24.3 Å². The first kappa shape index (κ1) is 17.4. The maximum atomic E-state index is 12.0. The zero-order valence-electron chi connectivity index (χ0n) is 12.3. The highest BCUT2D eigenvalue weighted by molar-refractivity contribution is 7.98. The predicted molar refractivity (Wildman–Crippen MR) is 84.1 cm³/mol. The lowest BCUT2D eigenvalue weighted by atomic mass is 10.1. The van der Waals surface area contributed by atoms with Gasteiger partial charge in [-0.25, -0.2) is 4.79 Å². The number of carbonyl (C=O) groups excluding carboxylic acids is 1. The molecule has 1 amide bonds. The van der Waals surface area contributed by atoms with Crippen molar-refractivity contribution in [1.29, 1.82) is 0 Å². The number of carbonyl (C=O) groups is 2. The van der Waals surface area contributed by atoms with Crippen molar-refractivity contribution < 1.29 is 19.4 Å². The molecule has 0 aliphatic rings. The van der Waals surface area contributed by atoms with Gasteiger partial charge in [-0.2, -0.15) is 11.8 Å². The summed E-state index contributed by atoms with van der Waals surface area (Å²) in [5, 5.41) is 11.6. The van der Waals surface area contributed by atoms with Gasteiger partial charge in [0.05, 0.1) is 6.61 Å². The zero-order valence-corrected chi connectivity index (χ0v) is 13.1. The van der Waals surface area contributed by atoms with Crippen LogP contribution in [0.2, 0.25) is 0 Å². The summed E-state index contributed by atoms with van der Waals surface area (Å²) in [6, 6.07) is 5.83. The van der Waals surface area contributed by atoms with Crippen molar-refractivity contribution in [3.63, 3.8) is 0 Å². The van der Waals surface area contributed by atoms with E-state index in [1.165, 1.54) is 0 Å². The number of amides is 1. The van der Waals surface area contributed by atoms with Crippen LogP contribution < -0.4 is 10.1 Å². The van der Waals surface area contributed by atoms with Crippen LogP contribution in [0.1, 0.15) is 30.1 Å². The van der Waals surface area contributed by atoms with Crippen molar-refractivity contribution in [2.45, 2.75) is 25.8 Å². The fraction of sp³-hybridized carbons (Fsp3) is 0.467. The van der Waals surface area contributed by atoms with Gasteiger partial charge in [-0.3, -0.25) is 4.79 Å². The third-order valence-corrected chi connectivity index (χ3v) is 3.45. The molecule has 0 aliphatic carbocycles. The molecule has 0 saturated heterocycles. The third kappa shape index (κ3) is 6.08. The third-order valence-electron chi connectivity index (χ3n) is 2.80. The van der Waals surface area contributed by atoms with E-state index in [0.29, 0.717) is 30.1 Å². The second kappa shape index (κ2) is 9.28. The van der Waals surface area contributed by atoms with Gasteiger partial charge in [0.25, 0.3) is 5.91 Å². The molecule has 0 bridgehead atoms. The molecule has 0 aromatic heterocycles. The van der Waals surface area contributed by atoms with Crippen molar-refractivity contribution in [3.05, 3.63) is 29.8 Å². The largest absolute Gasteiger partial charge is 0.494 e. The van der Waals surface area contributed by atoms with Gasteiger partial charge in [-0.15, -0.1) is 0 Å². The van der Waals surface area contributed by atoms with Crippen molar-refractivity contribution in [2.75, 3.05) is 18.6 Å². The predicted octanol–water partition coefficient (Wildman–Crippen LogP) is 2.41. The average molecular weight is 311 g/mol. The van der Waals surface area contributed by atoms with Crippen molar-refractivity contribution in [3.8, 4) is 5.75 Å². The molecule has 1 aromatic rings. The summed E-state index contributed by atoms with van der Waals surface area (Å²) >= 11 is 1.55. The van der Waals surface area contributed by atoms with Crippen molar-refractivity contribution in [2.24, 2.45) is 0 Å². The molecular weight excluding hydrogens is 290 g/mol. The molecule has 1 rings (SSSR count). The molecule has 0 fully saturated rings. The Labute approximate surface area is 129 Å². The summed E-state index contributed by atoms with van der Waals surface area (Å²) in [5.41, 5.74) is 0.425. The Kier molecular flexibility index (Phi) is 7.68. The van der Waals surface area contributed by atoms with Gasteiger partial charge < -0.3 is 15.2 Å². The number of ether oxygens (including phenoxy) is 1. The highest BCUT2D eigenvalue weighted by atomic mass is 32.2. The maximum Gasteiger partial charge on any atom is 0.326 e. The second-order valence-corrected chi connectivity index (χ2v) is 5.50. The van der Waals surface area contributed by atoms with Gasteiger partial charge in [0.15, 0.2) is 0 Å². The molecule has 0 aliphatic heterocycles. The Morgan fingerprint density at radius 1 is 1.33 bits per heavy atom. The lowest BCUT2D eigenvalue weighted by Gasteiger charge is -2.14. The molecule has 1 atom stereocenters. The van der Waals surface area contributed by atoms with E-state index in [1.54, 1.807) is 36.0 Å². The van der Waals surface area contributed by atoms with Crippen LogP contribution >= 0.6 is 11.8 Å². The molecule has 0 unspecified atom stereocenters. The van der Waals surface area contributed by atoms with Crippen LogP contribution in [0, 0.1) is 0 Å². The van der Waals surface area contributed by atoms with Gasteiger partial charge >= 0.3 is 5.97 Å². The molecule has 2 N–H and O–H groups in total. The summed E-state index contributed by atoms with van der Waals surface area (Å²) in [7, 11) is 0. The molecule has 21 heavy (non-hydrogen) atoms. The Morgan fingerprint density at radius 3 is 2.52 bits per heavy atom. The maximum absolute atomic E-state index is 12.0. The minimum atomic E-state index is -1.01. The minimum Gasteiger partial charge on any atom is -0.494 e. The summed E-state index contributed by atoms with van der Waals surface area (Å²) < 4.78 is 5.43. The van der Waals surface area contributed by atoms with Crippen LogP contribution in [0.25, 0.3) is 0 Å². The SMILES string of the molecule is CCCOc1ccc(C(=O)N[C@@H](CCSC)C(=O)O)cc1. The van der Waals surface area contributed by atoms with Crippen molar-refractivity contribution in [1.82, 2.24) is 5.32 Å². The number of thioether (sulfide) groups is 1. The Hall–Kier alpha value is -1.69. The molecule has 116 valence electrons. The Bertz CT molecular complexity index is 461. The number of aliphatic carboxylic acids is 1. The van der Waals surface area contributed by atoms with Gasteiger partial charge in [-0.05, 0) is 49.1 Å². The number of carboxylic acids is 1. The van der Waals surface area contributed by atoms with Gasteiger partial charge in [0.2, 0.25) is 0 Å². The number of hydrogen-bond donors (Lipinski definition) is 2. The molecule has 0 radical (unpaired) electrons. The first-order valence-corrected chi connectivity index (χ1v) is 8.23. The fourth-order valence-electron chi connectivity index (χ4n) is 1.66. The number of nitrogens with one attached hydrogen (secondary N) is 1. The lowest BCUT2D eigenvalue weighted by Crippen LogP contribution is -2.41. The van der Waals surface area contributed by atoms with Gasteiger partial charge in [-0.1, -0.05) is 6.92 Å². The number of hydrogen-bond acceptors (Lipinski definition) is 4. The first-order chi connectivity index (χ1) is 10.1. The van der Waals surface area contributed by atoms with E-state index in [-0.39, 0.29) is 5.91 Å². The number of rotatable bonds is 9. The summed E-state index contributed by atoms with van der Waals surface area (Å²) in [5.74, 6) is -0.0162. The molecule has 1 aromatic carbocycles. The normalized spacial score (nSPS) is 11.7. The highest BCUT2D eigenvalue weighted by Crippen LogP contribution is 2.13. The summed E-state index contributed by atoms with van der Waals surface area (Å²) in [6.45, 7) is 2.64. The average Bonchev–Trinajstić information content (AvgIpc) is 2.49. The van der Waals surface area contributed by atoms with E-state index in [9.17, 15) is 9.59 Å². The second-order valence-electron chi connectivity index (χ2n) is 4.52. The quantitative estimate of drug-likeness (QED) is 0.732. The first-order valence-electron chi connectivity index (χ1n) is 6.84. The Morgan fingerprint density at radius 2 is 2.00 bits per heavy atom. The molecule has 0 spiro atoms. The van der Waals surface area contributed by atoms with Gasteiger partial charge in [0.1, 0.15) is 11.8 Å². The molecule has 0 saturated carbocycles. The monoisotopic (exact) mass is 311 g/mol. The smallest absolute Gasteiger partial charge is 0.326 e. The van der Waals surface area contributed by atoms with Crippen LogP contribution in [0.3, 0.4) is 0 Å². The van der Waals surface area contributed by atoms with E-state index in [1.807, 2.05) is 13.2 Å². The van der Waals surface area contributed by atoms with Gasteiger partial charge in [0, 0.05) is 5.56 Å². The number of carboxylic acid groups (broad SMARTS) is 1. The van der Waals surface area contributed by atoms with Crippen LogP contribution in [-0.4, -0.2) is 41.6 Å². The zero-order chi connectivity index (χ0) is 15.7. The van der Waals surface area contributed by atoms with E-state index < -0.39 is 12.0 Å². The molecule has 5 nitrogen and oxygen atoms in total. The number of benzene rings is 1. The topological polar surface area (TPSA) is 75.6 Å². The van der Waals surface area contributed by atoms with Crippen LogP contribution in [-0.2, 0) is 4.79 Å². The highest BCUT2D eigenvalue weighted by Gasteiger charge is 2.20. The fourth-order valence-corrected chi connectivity index (χ4v) is 2.13. The molecule has 0 heterocycles. The Balaban J connectivity index is 2.62. The van der Waals surface area contributed by atoms with E-state index >= 15 is 0 Å².